The van der Waals surface area contributed by atoms with Gasteiger partial charge in [-0.05, 0) is 34.6 Å². The summed E-state index contributed by atoms with van der Waals surface area (Å²) in [6.45, 7) is 11.0. The Morgan fingerprint density at radius 3 is 1.81 bits per heavy atom. The van der Waals surface area contributed by atoms with Crippen LogP contribution in [0.2, 0.25) is 0 Å². The predicted octanol–water partition coefficient (Wildman–Crippen LogP) is 2.41. The van der Waals surface area contributed by atoms with Gasteiger partial charge in [0.05, 0.1) is 5.60 Å². The minimum Gasteiger partial charge on any atom is -0.378 e. The zero-order chi connectivity index (χ0) is 13.0. The average molecular weight is 234 g/mol. The Kier molecular flexibility index (Phi) is 12.4. The third kappa shape index (κ3) is 13.5. The quantitative estimate of drug-likeness (QED) is 0.501. The number of hydrogen-bond donors (Lipinski definition) is 0. The highest BCUT2D eigenvalue weighted by Gasteiger charge is 2.13. The molecule has 0 N–H and O–H groups in total. The molecule has 0 spiro atoms. The molecule has 0 aliphatic carbocycles. The van der Waals surface area contributed by atoms with Gasteiger partial charge in [0.2, 0.25) is 0 Å². The van der Waals surface area contributed by atoms with Crippen molar-refractivity contribution >= 4 is 6.29 Å². The summed E-state index contributed by atoms with van der Waals surface area (Å²) in [5.74, 6) is 0. The monoisotopic (exact) mass is 234 g/mol. The Bertz CT molecular complexity index is 151. The van der Waals surface area contributed by atoms with Crippen LogP contribution in [0.1, 0.15) is 41.0 Å². The van der Waals surface area contributed by atoms with Crippen molar-refractivity contribution in [1.29, 1.82) is 0 Å². The standard InChI is InChI=1S/C6H12O2.C6H14O2/c1-6(2,8-3)4-5-7;1-4-7-6(3)8-5-2/h5H,4H2,1-3H3;6H,4-5H2,1-3H3. The molecule has 0 unspecified atom stereocenters. The van der Waals surface area contributed by atoms with Crippen LogP contribution in [0.25, 0.3) is 0 Å². The highest BCUT2D eigenvalue weighted by molar-refractivity contribution is 5.50. The van der Waals surface area contributed by atoms with E-state index < -0.39 is 0 Å². The number of ether oxygens (including phenoxy) is 3. The lowest BCUT2D eigenvalue weighted by atomic mass is 10.1. The van der Waals surface area contributed by atoms with Crippen LogP contribution in [0, 0.1) is 0 Å². The van der Waals surface area contributed by atoms with E-state index in [9.17, 15) is 4.79 Å². The van der Waals surface area contributed by atoms with Crippen molar-refractivity contribution in [2.75, 3.05) is 20.3 Å². The predicted molar refractivity (Wildman–Crippen MR) is 64.5 cm³/mol. The highest BCUT2D eigenvalue weighted by atomic mass is 16.7. The van der Waals surface area contributed by atoms with Crippen LogP contribution in [0.5, 0.6) is 0 Å². The molecule has 98 valence electrons. The molecule has 0 atom stereocenters. The Morgan fingerprint density at radius 2 is 1.62 bits per heavy atom. The number of carbonyl (C=O) groups excluding carboxylic acids is 1. The van der Waals surface area contributed by atoms with Crippen LogP contribution in [-0.4, -0.2) is 38.5 Å². The second kappa shape index (κ2) is 11.0. The zero-order valence-corrected chi connectivity index (χ0v) is 11.4. The molecule has 0 saturated carbocycles. The van der Waals surface area contributed by atoms with Gasteiger partial charge in [-0.25, -0.2) is 0 Å². The molecule has 0 aromatic carbocycles. The Labute approximate surface area is 99.3 Å². The van der Waals surface area contributed by atoms with Gasteiger partial charge in [-0.15, -0.1) is 0 Å². The van der Waals surface area contributed by atoms with Gasteiger partial charge >= 0.3 is 0 Å². The van der Waals surface area contributed by atoms with E-state index in [1.807, 2.05) is 34.6 Å². The van der Waals surface area contributed by atoms with Gasteiger partial charge < -0.3 is 19.0 Å². The Balaban J connectivity index is 0. The minimum absolute atomic E-state index is 0.0370. The van der Waals surface area contributed by atoms with E-state index in [1.165, 1.54) is 0 Å². The first-order valence-electron chi connectivity index (χ1n) is 5.65. The third-order valence-corrected chi connectivity index (χ3v) is 1.93. The molecule has 0 bridgehead atoms. The van der Waals surface area contributed by atoms with Crippen molar-refractivity contribution in [1.82, 2.24) is 0 Å². The second-order valence-electron chi connectivity index (χ2n) is 3.81. The first kappa shape index (κ1) is 17.9. The fourth-order valence-electron chi connectivity index (χ4n) is 0.802. The van der Waals surface area contributed by atoms with Crippen molar-refractivity contribution in [2.45, 2.75) is 52.9 Å². The maximum atomic E-state index is 9.90. The van der Waals surface area contributed by atoms with Crippen LogP contribution in [0.3, 0.4) is 0 Å². The van der Waals surface area contributed by atoms with Crippen LogP contribution in [-0.2, 0) is 19.0 Å². The summed E-state index contributed by atoms with van der Waals surface area (Å²) >= 11 is 0. The third-order valence-electron chi connectivity index (χ3n) is 1.93. The lowest BCUT2D eigenvalue weighted by Crippen LogP contribution is -2.22. The van der Waals surface area contributed by atoms with Crippen molar-refractivity contribution in [2.24, 2.45) is 0 Å². The smallest absolute Gasteiger partial charge is 0.154 e. The molecular weight excluding hydrogens is 208 g/mol. The molecule has 0 aliphatic rings. The molecular formula is C12H26O4. The number of aldehydes is 1. The molecule has 0 aromatic rings. The normalized spacial score (nSPS) is 10.9. The molecule has 4 heteroatoms. The lowest BCUT2D eigenvalue weighted by Gasteiger charge is -2.18. The van der Waals surface area contributed by atoms with Crippen LogP contribution < -0.4 is 0 Å². The minimum atomic E-state index is -0.276. The van der Waals surface area contributed by atoms with Crippen molar-refractivity contribution < 1.29 is 19.0 Å². The molecule has 0 aliphatic heterocycles. The van der Waals surface area contributed by atoms with E-state index in [-0.39, 0.29) is 11.9 Å². The molecule has 0 radical (unpaired) electrons. The fraction of sp³-hybridized carbons (Fsp3) is 0.917. The molecule has 16 heavy (non-hydrogen) atoms. The van der Waals surface area contributed by atoms with E-state index in [4.69, 9.17) is 14.2 Å². The summed E-state index contributed by atoms with van der Waals surface area (Å²) in [5.41, 5.74) is -0.276. The Hall–Kier alpha value is -0.450. The summed E-state index contributed by atoms with van der Waals surface area (Å²) in [5, 5.41) is 0. The molecule has 0 rings (SSSR count). The SMILES string of the molecule is CCOC(C)OCC.COC(C)(C)CC=O. The maximum absolute atomic E-state index is 9.90. The van der Waals surface area contributed by atoms with Gasteiger partial charge in [0.15, 0.2) is 6.29 Å². The van der Waals surface area contributed by atoms with E-state index in [1.54, 1.807) is 7.11 Å². The van der Waals surface area contributed by atoms with Gasteiger partial charge in [-0.2, -0.15) is 0 Å². The molecule has 0 saturated heterocycles. The first-order chi connectivity index (χ1) is 7.43. The summed E-state index contributed by atoms with van der Waals surface area (Å²) < 4.78 is 15.1. The first-order valence-corrected chi connectivity index (χ1v) is 5.65. The fourth-order valence-corrected chi connectivity index (χ4v) is 0.802. The van der Waals surface area contributed by atoms with Crippen molar-refractivity contribution in [3.63, 3.8) is 0 Å². The zero-order valence-electron chi connectivity index (χ0n) is 11.4. The number of methoxy groups -OCH3 is 1. The van der Waals surface area contributed by atoms with E-state index in [0.29, 0.717) is 6.42 Å². The summed E-state index contributed by atoms with van der Waals surface area (Å²) in [6, 6.07) is 0. The summed E-state index contributed by atoms with van der Waals surface area (Å²) in [6.07, 6.45) is 1.29. The highest BCUT2D eigenvalue weighted by Crippen LogP contribution is 2.09. The van der Waals surface area contributed by atoms with Crippen LogP contribution >= 0.6 is 0 Å². The molecule has 0 amide bonds. The van der Waals surface area contributed by atoms with Crippen molar-refractivity contribution in [3.8, 4) is 0 Å². The van der Waals surface area contributed by atoms with Crippen LogP contribution in [0.15, 0.2) is 0 Å². The van der Waals surface area contributed by atoms with Gasteiger partial charge in [0.25, 0.3) is 0 Å². The van der Waals surface area contributed by atoms with Gasteiger partial charge in [0.1, 0.15) is 6.29 Å². The number of hydrogen-bond acceptors (Lipinski definition) is 4. The largest absolute Gasteiger partial charge is 0.378 e. The lowest BCUT2D eigenvalue weighted by molar-refractivity contribution is -0.123. The summed E-state index contributed by atoms with van der Waals surface area (Å²) in [4.78, 5) is 9.90. The van der Waals surface area contributed by atoms with Gasteiger partial charge in [-0.1, -0.05) is 0 Å². The van der Waals surface area contributed by atoms with Gasteiger partial charge in [-0.3, -0.25) is 0 Å². The number of rotatable bonds is 7. The number of carbonyl (C=O) groups is 1. The molecule has 4 nitrogen and oxygen atoms in total. The van der Waals surface area contributed by atoms with E-state index in [2.05, 4.69) is 0 Å². The van der Waals surface area contributed by atoms with Crippen LogP contribution in [0.4, 0.5) is 0 Å². The maximum Gasteiger partial charge on any atom is 0.154 e. The van der Waals surface area contributed by atoms with Gasteiger partial charge in [0, 0.05) is 26.7 Å². The second-order valence-corrected chi connectivity index (χ2v) is 3.81. The topological polar surface area (TPSA) is 44.8 Å². The van der Waals surface area contributed by atoms with E-state index >= 15 is 0 Å². The molecule has 0 fully saturated rings. The summed E-state index contributed by atoms with van der Waals surface area (Å²) in [7, 11) is 1.60. The molecule has 0 heterocycles. The van der Waals surface area contributed by atoms with E-state index in [0.717, 1.165) is 19.5 Å². The average Bonchev–Trinajstić information content (AvgIpc) is 2.19. The molecule has 0 aromatic heterocycles. The Morgan fingerprint density at radius 1 is 1.19 bits per heavy atom. The van der Waals surface area contributed by atoms with Crippen molar-refractivity contribution in [3.05, 3.63) is 0 Å².